The minimum Gasteiger partial charge on any atom is -0.445 e. The molecule has 2 aromatic heterocycles. The van der Waals surface area contributed by atoms with E-state index >= 15 is 4.39 Å². The Labute approximate surface area is 218 Å². The fourth-order valence-electron chi connectivity index (χ4n) is 7.60. The van der Waals surface area contributed by atoms with Gasteiger partial charge in [-0.15, -0.1) is 0 Å². The predicted molar refractivity (Wildman–Crippen MR) is 131 cm³/mol. The molecule has 2 unspecified atom stereocenters. The van der Waals surface area contributed by atoms with Crippen LogP contribution >= 0.6 is 0 Å². The number of fused-ring (bicyclic) bond motifs is 3. The molecule has 3 aromatic rings. The van der Waals surface area contributed by atoms with E-state index in [1.165, 1.54) is 0 Å². The van der Waals surface area contributed by atoms with Crippen molar-refractivity contribution < 1.29 is 26.8 Å². The molecule has 6 fully saturated rings. The van der Waals surface area contributed by atoms with Crippen molar-refractivity contribution in [1.82, 2.24) is 15.3 Å². The molecule has 9 heteroatoms. The van der Waals surface area contributed by atoms with Gasteiger partial charge in [0, 0.05) is 21.8 Å². The van der Waals surface area contributed by atoms with Crippen molar-refractivity contribution in [2.45, 2.75) is 82.3 Å². The van der Waals surface area contributed by atoms with Gasteiger partial charge in [-0.1, -0.05) is 12.1 Å². The zero-order valence-corrected chi connectivity index (χ0v) is 21.2. The number of nitrogens with zero attached hydrogens (tertiary/aromatic N) is 2. The smallest absolute Gasteiger partial charge is 0.283 e. The molecule has 6 aliphatic rings. The third-order valence-electron chi connectivity index (χ3n) is 9.99. The second kappa shape index (κ2) is 8.20. The standard InChI is InChI=1S/C29H30F3N3O3/c1-16-14-33-26(38-16)27-5-7-29(8-6-27,21(30)13-27)22(35-25(36)28-10-17(11-28)12-28)18-3-2-4-19(9-18)24-34-20(15-37-24)23(31)32/h2-4,9,14-15,17,21-23H,5-8,10-13H2,1H3,(H,35,36). The summed E-state index contributed by atoms with van der Waals surface area (Å²) in [6, 6.07) is 6.62. The van der Waals surface area contributed by atoms with E-state index in [1.807, 2.05) is 13.0 Å². The van der Waals surface area contributed by atoms with Crippen molar-refractivity contribution >= 4 is 5.91 Å². The highest BCUT2D eigenvalue weighted by molar-refractivity contribution is 5.86. The maximum absolute atomic E-state index is 16.4. The predicted octanol–water partition coefficient (Wildman–Crippen LogP) is 6.77. The molecule has 6 nitrogen and oxygen atoms in total. The van der Waals surface area contributed by atoms with Crippen LogP contribution in [0.5, 0.6) is 0 Å². The lowest BCUT2D eigenvalue weighted by Gasteiger charge is -2.61. The van der Waals surface area contributed by atoms with Gasteiger partial charge in [0.1, 0.15) is 23.9 Å². The lowest BCUT2D eigenvalue weighted by Crippen LogP contribution is -2.63. The summed E-state index contributed by atoms with van der Waals surface area (Å²) in [7, 11) is 0. The van der Waals surface area contributed by atoms with Crippen molar-refractivity contribution in [2.24, 2.45) is 16.7 Å². The van der Waals surface area contributed by atoms with E-state index in [0.717, 1.165) is 43.9 Å². The zero-order valence-electron chi connectivity index (χ0n) is 21.2. The first-order valence-electron chi connectivity index (χ1n) is 13.4. The molecular weight excluding hydrogens is 495 g/mol. The maximum atomic E-state index is 16.4. The number of halogens is 3. The number of rotatable bonds is 7. The Balaban J connectivity index is 1.24. The Bertz CT molecular complexity index is 1370. The molecule has 2 atom stereocenters. The van der Waals surface area contributed by atoms with Gasteiger partial charge in [0.25, 0.3) is 6.43 Å². The van der Waals surface area contributed by atoms with Crippen LogP contribution in [0.2, 0.25) is 0 Å². The summed E-state index contributed by atoms with van der Waals surface area (Å²) in [5.74, 6) is 2.04. The van der Waals surface area contributed by atoms with Gasteiger partial charge < -0.3 is 14.2 Å². The number of carbonyl (C=O) groups is 1. The van der Waals surface area contributed by atoms with Crippen LogP contribution in [0.25, 0.3) is 11.5 Å². The van der Waals surface area contributed by atoms with Gasteiger partial charge >= 0.3 is 0 Å². The van der Waals surface area contributed by atoms with Crippen LogP contribution in [-0.4, -0.2) is 22.0 Å². The van der Waals surface area contributed by atoms with Crippen LogP contribution in [0.4, 0.5) is 13.2 Å². The summed E-state index contributed by atoms with van der Waals surface area (Å²) in [6.07, 6.45) is 4.34. The number of oxazole rings is 2. The summed E-state index contributed by atoms with van der Waals surface area (Å²) >= 11 is 0. The largest absolute Gasteiger partial charge is 0.445 e. The molecule has 1 N–H and O–H groups in total. The number of alkyl halides is 3. The first kappa shape index (κ1) is 24.0. The van der Waals surface area contributed by atoms with Gasteiger partial charge in [-0.25, -0.2) is 23.1 Å². The van der Waals surface area contributed by atoms with Crippen LogP contribution in [0.1, 0.15) is 86.7 Å². The molecule has 38 heavy (non-hydrogen) atoms. The van der Waals surface area contributed by atoms with Crippen molar-refractivity contribution in [1.29, 1.82) is 0 Å². The fourth-order valence-corrected chi connectivity index (χ4v) is 7.60. The van der Waals surface area contributed by atoms with E-state index in [2.05, 4.69) is 15.3 Å². The number of nitrogens with one attached hydrogen (secondary N) is 1. The van der Waals surface area contributed by atoms with Crippen LogP contribution in [0, 0.1) is 23.7 Å². The van der Waals surface area contributed by atoms with Crippen LogP contribution in [0.3, 0.4) is 0 Å². The number of aryl methyl sites for hydroxylation is 1. The maximum Gasteiger partial charge on any atom is 0.283 e. The van der Waals surface area contributed by atoms with E-state index in [-0.39, 0.29) is 17.2 Å². The number of carbonyl (C=O) groups excluding carboxylic acids is 1. The highest BCUT2D eigenvalue weighted by atomic mass is 19.3. The fraction of sp³-hybridized carbons (Fsp3) is 0.552. The molecular formula is C29H30F3N3O3. The molecule has 1 aromatic carbocycles. The minimum absolute atomic E-state index is 0.00109. The van der Waals surface area contributed by atoms with Gasteiger partial charge in [0.05, 0.1) is 12.2 Å². The Kier molecular flexibility index (Phi) is 5.17. The molecule has 0 aliphatic heterocycles. The first-order valence-corrected chi connectivity index (χ1v) is 13.4. The molecule has 6 saturated carbocycles. The van der Waals surface area contributed by atoms with E-state index in [1.54, 1.807) is 24.4 Å². The number of hydrogen-bond donors (Lipinski definition) is 1. The van der Waals surface area contributed by atoms with Crippen molar-refractivity contribution in [3.63, 3.8) is 0 Å². The SMILES string of the molecule is Cc1cnc(C23CCC(C(NC(=O)C45CC(C4)C5)c4cccc(-c5nc(C(F)F)co5)c4)(CC2)C(F)C3)o1. The first-order chi connectivity index (χ1) is 18.2. The zero-order chi connectivity index (χ0) is 26.3. The minimum atomic E-state index is -2.74. The summed E-state index contributed by atoms with van der Waals surface area (Å²) in [4.78, 5) is 21.9. The molecule has 1 amide bonds. The average molecular weight is 526 g/mol. The van der Waals surface area contributed by atoms with Crippen LogP contribution in [0.15, 0.2) is 45.6 Å². The van der Waals surface area contributed by atoms with Crippen molar-refractivity contribution in [2.75, 3.05) is 0 Å². The highest BCUT2D eigenvalue weighted by Gasteiger charge is 2.64. The third-order valence-corrected chi connectivity index (χ3v) is 9.99. The lowest BCUT2D eigenvalue weighted by molar-refractivity contribution is -0.169. The molecule has 2 heterocycles. The van der Waals surface area contributed by atoms with Crippen LogP contribution < -0.4 is 5.32 Å². The third kappa shape index (κ3) is 3.42. The second-order valence-corrected chi connectivity index (χ2v) is 12.1. The average Bonchev–Trinajstić information content (AvgIpc) is 3.52. The number of benzene rings is 1. The van der Waals surface area contributed by atoms with Crippen molar-refractivity contribution in [3.8, 4) is 11.5 Å². The summed E-state index contributed by atoms with van der Waals surface area (Å²) in [5.41, 5.74) is -0.708. The highest BCUT2D eigenvalue weighted by Crippen LogP contribution is 2.66. The molecule has 4 bridgehead atoms. The lowest BCUT2D eigenvalue weighted by atomic mass is 9.44. The quantitative estimate of drug-likeness (QED) is 0.368. The van der Waals surface area contributed by atoms with Crippen molar-refractivity contribution in [3.05, 3.63) is 59.6 Å². The monoisotopic (exact) mass is 525 g/mol. The van der Waals surface area contributed by atoms with Crippen LogP contribution in [-0.2, 0) is 10.2 Å². The molecule has 200 valence electrons. The van der Waals surface area contributed by atoms with E-state index in [0.29, 0.717) is 42.4 Å². The summed E-state index contributed by atoms with van der Waals surface area (Å²) in [6.45, 7) is 1.84. The van der Waals surface area contributed by atoms with Gasteiger partial charge in [0.15, 0.2) is 0 Å². The molecule has 0 spiro atoms. The Morgan fingerprint density at radius 2 is 1.89 bits per heavy atom. The van der Waals surface area contributed by atoms with E-state index < -0.39 is 35.2 Å². The number of hydrogen-bond acceptors (Lipinski definition) is 5. The summed E-state index contributed by atoms with van der Waals surface area (Å²) in [5, 5.41) is 3.30. The summed E-state index contributed by atoms with van der Waals surface area (Å²) < 4.78 is 53.9. The normalized spacial score (nSPS) is 34.0. The van der Waals surface area contributed by atoms with Gasteiger partial charge in [-0.2, -0.15) is 0 Å². The molecule has 0 saturated heterocycles. The van der Waals surface area contributed by atoms with Gasteiger partial charge in [0.2, 0.25) is 17.7 Å². The molecule has 9 rings (SSSR count). The van der Waals surface area contributed by atoms with E-state index in [9.17, 15) is 13.6 Å². The Morgan fingerprint density at radius 3 is 2.47 bits per heavy atom. The topological polar surface area (TPSA) is 81.2 Å². The molecule has 0 radical (unpaired) electrons. The molecule has 6 aliphatic carbocycles. The Hall–Kier alpha value is -3.10. The second-order valence-electron chi connectivity index (χ2n) is 12.1. The number of aromatic nitrogens is 2. The Morgan fingerprint density at radius 1 is 1.13 bits per heavy atom. The van der Waals surface area contributed by atoms with E-state index in [4.69, 9.17) is 8.83 Å². The number of amides is 1. The van der Waals surface area contributed by atoms with Gasteiger partial charge in [-0.3, -0.25) is 4.79 Å². The van der Waals surface area contributed by atoms with Gasteiger partial charge in [-0.05, 0) is 81.9 Å².